The van der Waals surface area contributed by atoms with E-state index in [0.29, 0.717) is 24.1 Å². The van der Waals surface area contributed by atoms with Gasteiger partial charge in [-0.15, -0.1) is 0 Å². The predicted octanol–water partition coefficient (Wildman–Crippen LogP) is 2.59. The minimum absolute atomic E-state index is 0.140. The van der Waals surface area contributed by atoms with Crippen LogP contribution in [0.15, 0.2) is 24.3 Å². The van der Waals surface area contributed by atoms with Gasteiger partial charge in [-0.2, -0.15) is 0 Å². The van der Waals surface area contributed by atoms with Crippen LogP contribution in [0.5, 0.6) is 0 Å². The van der Waals surface area contributed by atoms with Crippen LogP contribution >= 0.6 is 11.6 Å². The summed E-state index contributed by atoms with van der Waals surface area (Å²) in [5, 5.41) is 3.54. The van der Waals surface area contributed by atoms with E-state index in [1.165, 1.54) is 10.5 Å². The van der Waals surface area contributed by atoms with Gasteiger partial charge in [0.1, 0.15) is 6.54 Å². The molecule has 2 heterocycles. The van der Waals surface area contributed by atoms with Crippen molar-refractivity contribution in [1.82, 2.24) is 15.3 Å². The topological polar surface area (TPSA) is 79.0 Å². The van der Waals surface area contributed by atoms with Crippen molar-refractivity contribution in [3.05, 3.63) is 34.9 Å². The van der Waals surface area contributed by atoms with E-state index in [1.54, 1.807) is 0 Å². The highest BCUT2D eigenvalue weighted by molar-refractivity contribution is 6.30. The summed E-state index contributed by atoms with van der Waals surface area (Å²) in [5.41, 5.74) is 1.25. The first-order valence-electron chi connectivity index (χ1n) is 8.35. The Labute approximate surface area is 150 Å². The molecule has 8 heteroatoms. The summed E-state index contributed by atoms with van der Waals surface area (Å²) in [4.78, 5) is 41.3. The van der Waals surface area contributed by atoms with Gasteiger partial charge in [-0.1, -0.05) is 28.8 Å². The van der Waals surface area contributed by atoms with Gasteiger partial charge < -0.3 is 15.1 Å². The number of carbonyl (C=O) groups excluding carboxylic acids is 3. The number of rotatable bonds is 4. The Morgan fingerprint density at radius 2 is 1.88 bits per heavy atom. The molecule has 0 radical (unpaired) electrons. The second-order valence-corrected chi connectivity index (χ2v) is 6.74. The minimum Gasteiger partial charge on any atom is -0.326 e. The number of carbonyl (C=O) groups is 3. The SMILES string of the molecule is O=C(ON1C(=O)CNC1=O)N1CCC(CCc2ccc(Cl)cc2)CC1. The van der Waals surface area contributed by atoms with E-state index in [4.69, 9.17) is 16.4 Å². The highest BCUT2D eigenvalue weighted by Gasteiger charge is 2.34. The normalized spacial score (nSPS) is 18.4. The van der Waals surface area contributed by atoms with Gasteiger partial charge in [-0.25, -0.2) is 9.59 Å². The number of piperidine rings is 1. The Morgan fingerprint density at radius 1 is 1.20 bits per heavy atom. The molecule has 3 rings (SSSR count). The fourth-order valence-electron chi connectivity index (χ4n) is 3.06. The molecule has 25 heavy (non-hydrogen) atoms. The number of urea groups is 1. The average Bonchev–Trinajstić information content (AvgIpc) is 2.93. The Hall–Kier alpha value is -2.28. The summed E-state index contributed by atoms with van der Waals surface area (Å²) in [6, 6.07) is 7.16. The van der Waals surface area contributed by atoms with E-state index in [9.17, 15) is 14.4 Å². The van der Waals surface area contributed by atoms with Crippen LogP contribution in [-0.4, -0.2) is 47.6 Å². The lowest BCUT2D eigenvalue weighted by atomic mass is 9.91. The molecule has 2 aliphatic heterocycles. The van der Waals surface area contributed by atoms with Crippen LogP contribution in [0.2, 0.25) is 5.02 Å². The lowest BCUT2D eigenvalue weighted by Gasteiger charge is -2.31. The van der Waals surface area contributed by atoms with Gasteiger partial charge in [-0.05, 0) is 49.3 Å². The van der Waals surface area contributed by atoms with Crippen molar-refractivity contribution in [1.29, 1.82) is 0 Å². The van der Waals surface area contributed by atoms with E-state index >= 15 is 0 Å². The first-order chi connectivity index (χ1) is 12.0. The van der Waals surface area contributed by atoms with Gasteiger partial charge in [0.2, 0.25) is 0 Å². The Morgan fingerprint density at radius 3 is 2.48 bits per heavy atom. The number of hydrogen-bond donors (Lipinski definition) is 1. The summed E-state index contributed by atoms with van der Waals surface area (Å²) in [7, 11) is 0. The molecule has 2 aliphatic rings. The molecule has 0 unspecified atom stereocenters. The minimum atomic E-state index is -0.698. The highest BCUT2D eigenvalue weighted by Crippen LogP contribution is 2.23. The fourth-order valence-corrected chi connectivity index (χ4v) is 3.19. The lowest BCUT2D eigenvalue weighted by Crippen LogP contribution is -2.43. The van der Waals surface area contributed by atoms with Crippen LogP contribution in [0.4, 0.5) is 9.59 Å². The predicted molar refractivity (Wildman–Crippen MR) is 90.8 cm³/mol. The monoisotopic (exact) mass is 365 g/mol. The van der Waals surface area contributed by atoms with Crippen LogP contribution in [0, 0.1) is 5.92 Å². The Balaban J connectivity index is 1.42. The number of hydroxylamine groups is 2. The molecule has 1 aromatic carbocycles. The van der Waals surface area contributed by atoms with E-state index in [1.807, 2.05) is 24.3 Å². The van der Waals surface area contributed by atoms with Gasteiger partial charge in [0.25, 0.3) is 5.91 Å². The number of likely N-dealkylation sites (tertiary alicyclic amines) is 1. The smallest absolute Gasteiger partial charge is 0.326 e. The highest BCUT2D eigenvalue weighted by atomic mass is 35.5. The van der Waals surface area contributed by atoms with E-state index in [0.717, 1.165) is 30.7 Å². The van der Waals surface area contributed by atoms with Crippen molar-refractivity contribution < 1.29 is 19.2 Å². The number of amides is 4. The molecule has 7 nitrogen and oxygen atoms in total. The van der Waals surface area contributed by atoms with Gasteiger partial charge in [0, 0.05) is 18.1 Å². The maximum Gasteiger partial charge on any atom is 0.434 e. The third-order valence-corrected chi connectivity index (χ3v) is 4.85. The zero-order valence-electron chi connectivity index (χ0n) is 13.7. The number of aryl methyl sites for hydroxylation is 1. The van der Waals surface area contributed by atoms with E-state index in [-0.39, 0.29) is 6.54 Å². The fraction of sp³-hybridized carbons (Fsp3) is 0.471. The molecule has 1 aromatic rings. The van der Waals surface area contributed by atoms with Crippen LogP contribution < -0.4 is 5.32 Å². The van der Waals surface area contributed by atoms with Gasteiger partial charge in [0.15, 0.2) is 0 Å². The van der Waals surface area contributed by atoms with Gasteiger partial charge >= 0.3 is 12.1 Å². The number of nitrogens with zero attached hydrogens (tertiary/aromatic N) is 2. The molecular formula is C17H20ClN3O4. The Kier molecular flexibility index (Phi) is 5.43. The molecule has 4 amide bonds. The summed E-state index contributed by atoms with van der Waals surface area (Å²) < 4.78 is 0. The van der Waals surface area contributed by atoms with Gasteiger partial charge in [-0.3, -0.25) is 4.79 Å². The molecule has 0 spiro atoms. The van der Waals surface area contributed by atoms with Crippen LogP contribution in [0.3, 0.4) is 0 Å². The van der Waals surface area contributed by atoms with Crippen molar-refractivity contribution >= 4 is 29.6 Å². The third-order valence-electron chi connectivity index (χ3n) is 4.60. The molecule has 0 bridgehead atoms. The quantitative estimate of drug-likeness (QED) is 0.832. The summed E-state index contributed by atoms with van der Waals surface area (Å²) in [6.07, 6.45) is 3.14. The van der Waals surface area contributed by atoms with Crippen molar-refractivity contribution in [3.8, 4) is 0 Å². The standard InChI is InChI=1S/C17H20ClN3O4/c18-14-5-3-12(4-6-14)1-2-13-7-9-20(10-8-13)17(24)25-21-15(22)11-19-16(21)23/h3-6,13H,1-2,7-11H2,(H,19,23). The first kappa shape index (κ1) is 17.5. The lowest BCUT2D eigenvalue weighted by molar-refractivity contribution is -0.149. The van der Waals surface area contributed by atoms with Crippen LogP contribution in [-0.2, 0) is 16.1 Å². The molecule has 0 saturated carbocycles. The molecule has 134 valence electrons. The maximum atomic E-state index is 12.1. The van der Waals surface area contributed by atoms with Crippen LogP contribution in [0.25, 0.3) is 0 Å². The Bertz CT molecular complexity index is 640. The summed E-state index contributed by atoms with van der Waals surface area (Å²) >= 11 is 5.89. The van der Waals surface area contributed by atoms with Crippen molar-refractivity contribution in [2.45, 2.75) is 25.7 Å². The van der Waals surface area contributed by atoms with Crippen LogP contribution in [0.1, 0.15) is 24.8 Å². The summed E-state index contributed by atoms with van der Waals surface area (Å²) in [5.74, 6) is -0.0207. The van der Waals surface area contributed by atoms with E-state index in [2.05, 4.69) is 5.32 Å². The third kappa shape index (κ3) is 4.42. The van der Waals surface area contributed by atoms with Crippen molar-refractivity contribution in [2.75, 3.05) is 19.6 Å². The van der Waals surface area contributed by atoms with E-state index < -0.39 is 18.0 Å². The van der Waals surface area contributed by atoms with Gasteiger partial charge in [0.05, 0.1) is 0 Å². The number of halogens is 1. The van der Waals surface area contributed by atoms with Crippen molar-refractivity contribution in [2.24, 2.45) is 5.92 Å². The molecule has 1 N–H and O–H groups in total. The number of benzene rings is 1. The zero-order chi connectivity index (χ0) is 17.8. The average molecular weight is 366 g/mol. The number of imide groups is 1. The second-order valence-electron chi connectivity index (χ2n) is 6.30. The maximum absolute atomic E-state index is 12.1. The van der Waals surface area contributed by atoms with Crippen molar-refractivity contribution in [3.63, 3.8) is 0 Å². The summed E-state index contributed by atoms with van der Waals surface area (Å²) in [6.45, 7) is 0.987. The molecule has 0 aliphatic carbocycles. The second kappa shape index (κ2) is 7.74. The zero-order valence-corrected chi connectivity index (χ0v) is 14.5. The first-order valence-corrected chi connectivity index (χ1v) is 8.73. The molecule has 2 fully saturated rings. The molecule has 0 atom stereocenters. The molecular weight excluding hydrogens is 346 g/mol. The molecule has 0 aromatic heterocycles. The largest absolute Gasteiger partial charge is 0.434 e. The number of nitrogens with one attached hydrogen (secondary N) is 1. The number of hydrogen-bond acceptors (Lipinski definition) is 4. The molecule has 2 saturated heterocycles.